The number of imidazole rings is 1. The largest absolute Gasteiger partial charge is 0.351 e. The van der Waals surface area contributed by atoms with Gasteiger partial charge in [0.05, 0.1) is 5.69 Å². The summed E-state index contributed by atoms with van der Waals surface area (Å²) in [4.78, 5) is 32.5. The molecule has 0 saturated heterocycles. The van der Waals surface area contributed by atoms with Crippen molar-refractivity contribution in [1.29, 1.82) is 0 Å². The van der Waals surface area contributed by atoms with E-state index in [1.807, 2.05) is 21.6 Å². The summed E-state index contributed by atoms with van der Waals surface area (Å²) in [6, 6.07) is 8.28. The Morgan fingerprint density at radius 2 is 1.90 bits per heavy atom. The Bertz CT molecular complexity index is 916. The summed E-state index contributed by atoms with van der Waals surface area (Å²) < 4.78 is 1.99. The standard InChI is InChI=1S/C23H30N4O2/c1-16(2)10-12-24-22(28)20-19-9-5-6-13-27(19)21(25-20)23(29)26-14-11-17-7-3-4-8-18(17)15-26/h3-4,7-8,16H,5-6,9-15H2,1-2H3,(H,24,28). The van der Waals surface area contributed by atoms with E-state index >= 15 is 0 Å². The summed E-state index contributed by atoms with van der Waals surface area (Å²) in [7, 11) is 0. The molecular weight excluding hydrogens is 364 g/mol. The van der Waals surface area contributed by atoms with Crippen LogP contribution < -0.4 is 5.32 Å². The molecule has 1 N–H and O–H groups in total. The van der Waals surface area contributed by atoms with Crippen LogP contribution in [-0.2, 0) is 25.9 Å². The van der Waals surface area contributed by atoms with E-state index in [0.29, 0.717) is 37.1 Å². The van der Waals surface area contributed by atoms with Gasteiger partial charge in [0, 0.05) is 26.2 Å². The van der Waals surface area contributed by atoms with Crippen LogP contribution in [0.25, 0.3) is 0 Å². The number of nitrogens with zero attached hydrogens (tertiary/aromatic N) is 3. The Morgan fingerprint density at radius 1 is 1.10 bits per heavy atom. The van der Waals surface area contributed by atoms with Gasteiger partial charge in [0.15, 0.2) is 5.82 Å². The minimum Gasteiger partial charge on any atom is -0.351 e. The average molecular weight is 395 g/mol. The van der Waals surface area contributed by atoms with Gasteiger partial charge in [-0.15, -0.1) is 0 Å². The molecule has 4 rings (SSSR count). The number of rotatable bonds is 5. The minimum atomic E-state index is -0.153. The number of benzene rings is 1. The highest BCUT2D eigenvalue weighted by Crippen LogP contribution is 2.24. The quantitative estimate of drug-likeness (QED) is 0.847. The Morgan fingerprint density at radius 3 is 2.69 bits per heavy atom. The highest BCUT2D eigenvalue weighted by atomic mass is 16.2. The molecule has 0 spiro atoms. The smallest absolute Gasteiger partial charge is 0.290 e. The van der Waals surface area contributed by atoms with Gasteiger partial charge in [-0.1, -0.05) is 38.1 Å². The predicted octanol–water partition coefficient (Wildman–Crippen LogP) is 3.19. The second-order valence-electron chi connectivity index (χ2n) is 8.52. The van der Waals surface area contributed by atoms with Crippen molar-refractivity contribution < 1.29 is 9.59 Å². The fourth-order valence-electron chi connectivity index (χ4n) is 4.26. The predicted molar refractivity (Wildman–Crippen MR) is 112 cm³/mol. The van der Waals surface area contributed by atoms with Crippen molar-refractivity contribution in [3.63, 3.8) is 0 Å². The lowest BCUT2D eigenvalue weighted by atomic mass is 10.00. The molecule has 0 unspecified atom stereocenters. The number of carbonyl (C=O) groups is 2. The number of aromatic nitrogens is 2. The molecule has 0 aliphatic carbocycles. The SMILES string of the molecule is CC(C)CCNC(=O)c1nc(C(=O)N2CCc3ccccc3C2)n2c1CCCC2. The van der Waals surface area contributed by atoms with Crippen molar-refractivity contribution in [1.82, 2.24) is 19.8 Å². The van der Waals surface area contributed by atoms with Crippen molar-refractivity contribution in [3.8, 4) is 0 Å². The maximum atomic E-state index is 13.3. The van der Waals surface area contributed by atoms with E-state index < -0.39 is 0 Å². The lowest BCUT2D eigenvalue weighted by Gasteiger charge is -2.29. The molecule has 0 radical (unpaired) electrons. The molecule has 1 aromatic carbocycles. The molecule has 0 saturated carbocycles. The Labute approximate surface area is 172 Å². The Kier molecular flexibility index (Phi) is 5.69. The fraction of sp³-hybridized carbons (Fsp3) is 0.522. The molecule has 29 heavy (non-hydrogen) atoms. The fourth-order valence-corrected chi connectivity index (χ4v) is 4.26. The third-order valence-electron chi connectivity index (χ3n) is 5.95. The zero-order valence-corrected chi connectivity index (χ0v) is 17.4. The van der Waals surface area contributed by atoms with Crippen LogP contribution in [0.2, 0.25) is 0 Å². The first kappa shape index (κ1) is 19.7. The molecule has 1 aromatic heterocycles. The molecule has 0 bridgehead atoms. The van der Waals surface area contributed by atoms with Crippen molar-refractivity contribution >= 4 is 11.8 Å². The number of hydrogen-bond donors (Lipinski definition) is 1. The summed E-state index contributed by atoms with van der Waals surface area (Å²) in [5, 5.41) is 2.99. The minimum absolute atomic E-state index is 0.0658. The molecule has 2 aliphatic heterocycles. The van der Waals surface area contributed by atoms with Crippen LogP contribution in [0, 0.1) is 5.92 Å². The second-order valence-corrected chi connectivity index (χ2v) is 8.52. The Hall–Kier alpha value is -2.63. The first-order valence-corrected chi connectivity index (χ1v) is 10.8. The summed E-state index contributed by atoms with van der Waals surface area (Å²) in [6.07, 6.45) is 4.64. The van der Waals surface area contributed by atoms with Crippen LogP contribution in [0.5, 0.6) is 0 Å². The van der Waals surface area contributed by atoms with Gasteiger partial charge in [-0.05, 0) is 49.1 Å². The third-order valence-corrected chi connectivity index (χ3v) is 5.95. The van der Waals surface area contributed by atoms with E-state index in [2.05, 4.69) is 36.3 Å². The molecule has 2 amide bonds. The summed E-state index contributed by atoms with van der Waals surface area (Å²) >= 11 is 0. The second kappa shape index (κ2) is 8.39. The van der Waals surface area contributed by atoms with Crippen LogP contribution in [0.1, 0.15) is 71.0 Å². The zero-order chi connectivity index (χ0) is 20.4. The normalized spacial score (nSPS) is 15.8. The summed E-state index contributed by atoms with van der Waals surface area (Å²) in [5.74, 6) is 0.738. The molecule has 0 atom stereocenters. The molecule has 154 valence electrons. The van der Waals surface area contributed by atoms with Crippen LogP contribution in [-0.4, -0.2) is 39.4 Å². The van der Waals surface area contributed by atoms with Crippen molar-refractivity contribution in [2.75, 3.05) is 13.1 Å². The van der Waals surface area contributed by atoms with Crippen LogP contribution in [0.15, 0.2) is 24.3 Å². The lowest BCUT2D eigenvalue weighted by Crippen LogP contribution is -2.37. The van der Waals surface area contributed by atoms with Crippen molar-refractivity contribution in [2.45, 2.75) is 59.0 Å². The molecule has 0 fully saturated rings. The molecular formula is C23H30N4O2. The van der Waals surface area contributed by atoms with Crippen LogP contribution in [0.4, 0.5) is 0 Å². The maximum absolute atomic E-state index is 13.3. The molecule has 3 heterocycles. The van der Waals surface area contributed by atoms with Gasteiger partial charge in [-0.25, -0.2) is 4.98 Å². The van der Waals surface area contributed by atoms with E-state index in [4.69, 9.17) is 0 Å². The average Bonchev–Trinajstić information content (AvgIpc) is 3.12. The monoisotopic (exact) mass is 394 g/mol. The van der Waals surface area contributed by atoms with Gasteiger partial charge in [0.25, 0.3) is 11.8 Å². The first-order valence-electron chi connectivity index (χ1n) is 10.8. The van der Waals surface area contributed by atoms with Crippen molar-refractivity contribution in [3.05, 3.63) is 52.6 Å². The van der Waals surface area contributed by atoms with Gasteiger partial charge in [-0.3, -0.25) is 9.59 Å². The van der Waals surface area contributed by atoms with Crippen molar-refractivity contribution in [2.24, 2.45) is 5.92 Å². The lowest BCUT2D eigenvalue weighted by molar-refractivity contribution is 0.0716. The highest BCUT2D eigenvalue weighted by molar-refractivity contribution is 5.97. The van der Waals surface area contributed by atoms with Gasteiger partial charge in [0.1, 0.15) is 5.69 Å². The van der Waals surface area contributed by atoms with E-state index in [1.54, 1.807) is 0 Å². The molecule has 6 heteroatoms. The number of nitrogens with one attached hydrogen (secondary N) is 1. The van der Waals surface area contributed by atoms with E-state index in [9.17, 15) is 9.59 Å². The summed E-state index contributed by atoms with van der Waals surface area (Å²) in [6.45, 7) is 6.96. The molecule has 2 aliphatic rings. The Balaban J connectivity index is 1.57. The highest BCUT2D eigenvalue weighted by Gasteiger charge is 2.31. The first-order chi connectivity index (χ1) is 14.0. The maximum Gasteiger partial charge on any atom is 0.290 e. The number of hydrogen-bond acceptors (Lipinski definition) is 3. The van der Waals surface area contributed by atoms with Gasteiger partial charge < -0.3 is 14.8 Å². The summed E-state index contributed by atoms with van der Waals surface area (Å²) in [5.41, 5.74) is 3.87. The van der Waals surface area contributed by atoms with Gasteiger partial charge in [-0.2, -0.15) is 0 Å². The molecule has 2 aromatic rings. The van der Waals surface area contributed by atoms with Crippen LogP contribution >= 0.6 is 0 Å². The van der Waals surface area contributed by atoms with E-state index in [-0.39, 0.29) is 11.8 Å². The van der Waals surface area contributed by atoms with E-state index in [1.165, 1.54) is 11.1 Å². The zero-order valence-electron chi connectivity index (χ0n) is 17.4. The topological polar surface area (TPSA) is 67.2 Å². The molecule has 6 nitrogen and oxygen atoms in total. The van der Waals surface area contributed by atoms with E-state index in [0.717, 1.165) is 44.3 Å². The number of carbonyl (C=O) groups excluding carboxylic acids is 2. The van der Waals surface area contributed by atoms with Gasteiger partial charge in [0.2, 0.25) is 0 Å². The number of fused-ring (bicyclic) bond motifs is 2. The van der Waals surface area contributed by atoms with Gasteiger partial charge >= 0.3 is 0 Å². The van der Waals surface area contributed by atoms with Crippen LogP contribution in [0.3, 0.4) is 0 Å². The number of amides is 2. The third kappa shape index (κ3) is 4.07.